The molecule has 0 aromatic heterocycles. The van der Waals surface area contributed by atoms with Gasteiger partial charge in [0.25, 0.3) is 0 Å². The molecule has 0 saturated heterocycles. The molecule has 1 atom stereocenters. The van der Waals surface area contributed by atoms with Crippen LogP contribution in [0.4, 0.5) is 0 Å². The summed E-state index contributed by atoms with van der Waals surface area (Å²) in [6, 6.07) is 0.378. The van der Waals surface area contributed by atoms with Crippen molar-refractivity contribution in [2.75, 3.05) is 0 Å². The van der Waals surface area contributed by atoms with E-state index in [4.69, 9.17) is 5.84 Å². The van der Waals surface area contributed by atoms with Crippen LogP contribution in [0.2, 0.25) is 0 Å². The van der Waals surface area contributed by atoms with Crippen molar-refractivity contribution in [3.8, 4) is 11.8 Å². The summed E-state index contributed by atoms with van der Waals surface area (Å²) in [6.07, 6.45) is 11.5. The first kappa shape index (κ1) is 15.5. The van der Waals surface area contributed by atoms with Crippen molar-refractivity contribution in [3.63, 3.8) is 0 Å². The van der Waals surface area contributed by atoms with Crippen LogP contribution >= 0.6 is 0 Å². The molecule has 0 spiro atoms. The largest absolute Gasteiger partial charge is 0.271 e. The Bertz CT molecular complexity index is 191. The minimum Gasteiger partial charge on any atom is -0.271 e. The lowest BCUT2D eigenvalue weighted by Gasteiger charge is -2.12. The highest BCUT2D eigenvalue weighted by Crippen LogP contribution is 2.10. The molecule has 0 fully saturated rings. The zero-order chi connectivity index (χ0) is 12.1. The Kier molecular flexibility index (Phi) is 12.1. The van der Waals surface area contributed by atoms with Crippen LogP contribution in [0, 0.1) is 11.8 Å². The van der Waals surface area contributed by atoms with Crippen molar-refractivity contribution < 1.29 is 0 Å². The summed E-state index contributed by atoms with van der Waals surface area (Å²) >= 11 is 0. The maximum absolute atomic E-state index is 5.48. The summed E-state index contributed by atoms with van der Waals surface area (Å²) < 4.78 is 0. The van der Waals surface area contributed by atoms with E-state index in [9.17, 15) is 0 Å². The molecule has 2 nitrogen and oxygen atoms in total. The highest BCUT2D eigenvalue weighted by Gasteiger charge is 2.03. The molecule has 0 bridgehead atoms. The van der Waals surface area contributed by atoms with Crippen molar-refractivity contribution in [1.82, 2.24) is 5.43 Å². The molecule has 16 heavy (non-hydrogen) atoms. The van der Waals surface area contributed by atoms with Gasteiger partial charge in [0.1, 0.15) is 0 Å². The Labute approximate surface area is 101 Å². The van der Waals surface area contributed by atoms with Gasteiger partial charge in [-0.1, -0.05) is 51.9 Å². The lowest BCUT2D eigenvalue weighted by atomic mass is 10.0. The Balaban J connectivity index is 3.29. The number of hydrogen-bond donors (Lipinski definition) is 2. The predicted molar refractivity (Wildman–Crippen MR) is 71.8 cm³/mol. The third kappa shape index (κ3) is 10.0. The molecule has 2 heteroatoms. The number of nitrogens with one attached hydrogen (secondary N) is 1. The van der Waals surface area contributed by atoms with Crippen molar-refractivity contribution in [2.45, 2.75) is 77.7 Å². The van der Waals surface area contributed by atoms with E-state index in [1.807, 2.05) is 6.92 Å². The third-order valence-electron chi connectivity index (χ3n) is 2.92. The second-order valence-electron chi connectivity index (χ2n) is 4.40. The van der Waals surface area contributed by atoms with Crippen LogP contribution in [-0.2, 0) is 0 Å². The first-order valence-electron chi connectivity index (χ1n) is 6.70. The molecule has 0 aliphatic carbocycles. The summed E-state index contributed by atoms with van der Waals surface area (Å²) in [5.74, 6) is 11.5. The summed E-state index contributed by atoms with van der Waals surface area (Å²) in [5, 5.41) is 0. The quantitative estimate of drug-likeness (QED) is 0.258. The van der Waals surface area contributed by atoms with Gasteiger partial charge in [-0.05, 0) is 13.3 Å². The maximum Gasteiger partial charge on any atom is 0.0319 e. The Morgan fingerprint density at radius 1 is 1.06 bits per heavy atom. The van der Waals surface area contributed by atoms with Crippen molar-refractivity contribution >= 4 is 0 Å². The summed E-state index contributed by atoms with van der Waals surface area (Å²) in [4.78, 5) is 0. The van der Waals surface area contributed by atoms with Crippen molar-refractivity contribution in [2.24, 2.45) is 5.84 Å². The highest BCUT2D eigenvalue weighted by atomic mass is 15.2. The van der Waals surface area contributed by atoms with Gasteiger partial charge in [0.05, 0.1) is 0 Å². The van der Waals surface area contributed by atoms with E-state index in [-0.39, 0.29) is 0 Å². The second kappa shape index (κ2) is 12.5. The minimum atomic E-state index is 0.378. The Morgan fingerprint density at radius 2 is 1.69 bits per heavy atom. The van der Waals surface area contributed by atoms with Gasteiger partial charge >= 0.3 is 0 Å². The predicted octanol–water partition coefficient (Wildman–Crippen LogP) is 3.37. The average molecular weight is 224 g/mol. The second-order valence-corrected chi connectivity index (χ2v) is 4.40. The van der Waals surface area contributed by atoms with E-state index in [0.717, 1.165) is 12.8 Å². The van der Waals surface area contributed by atoms with E-state index in [2.05, 4.69) is 24.2 Å². The number of hydrazine groups is 1. The first-order chi connectivity index (χ1) is 7.85. The van der Waals surface area contributed by atoms with Crippen LogP contribution in [-0.4, -0.2) is 6.04 Å². The standard InChI is InChI=1S/C14H28N2/c1-3-5-7-8-9-10-11-13-14(16-15)12-6-4-2/h14,16H,3,5,7-13,15H2,1-2H3. The molecule has 0 heterocycles. The molecule has 0 radical (unpaired) electrons. The molecule has 0 rings (SSSR count). The van der Waals surface area contributed by atoms with Gasteiger partial charge in [-0.3, -0.25) is 11.3 Å². The van der Waals surface area contributed by atoms with Crippen LogP contribution in [0.3, 0.4) is 0 Å². The van der Waals surface area contributed by atoms with Crippen LogP contribution in [0.1, 0.15) is 71.6 Å². The molecule has 3 N–H and O–H groups in total. The molecule has 94 valence electrons. The van der Waals surface area contributed by atoms with Crippen molar-refractivity contribution in [1.29, 1.82) is 0 Å². The minimum absolute atomic E-state index is 0.378. The topological polar surface area (TPSA) is 38.0 Å². The van der Waals surface area contributed by atoms with Gasteiger partial charge in [0.15, 0.2) is 0 Å². The molecule has 0 aromatic rings. The fourth-order valence-corrected chi connectivity index (χ4v) is 1.82. The monoisotopic (exact) mass is 224 g/mol. The van der Waals surface area contributed by atoms with E-state index in [1.165, 1.54) is 44.9 Å². The smallest absolute Gasteiger partial charge is 0.0319 e. The first-order valence-corrected chi connectivity index (χ1v) is 6.70. The van der Waals surface area contributed by atoms with Gasteiger partial charge in [-0.25, -0.2) is 0 Å². The lowest BCUT2D eigenvalue weighted by Crippen LogP contribution is -2.34. The molecule has 0 aliphatic rings. The molecule has 1 unspecified atom stereocenters. The highest BCUT2D eigenvalue weighted by molar-refractivity contribution is 4.97. The summed E-state index contributed by atoms with van der Waals surface area (Å²) in [5.41, 5.74) is 2.85. The Hall–Kier alpha value is -0.520. The number of unbranched alkanes of at least 4 members (excludes halogenated alkanes) is 6. The van der Waals surface area contributed by atoms with E-state index in [0.29, 0.717) is 6.04 Å². The molecule has 0 amide bonds. The third-order valence-corrected chi connectivity index (χ3v) is 2.92. The average Bonchev–Trinajstić information content (AvgIpc) is 2.32. The van der Waals surface area contributed by atoms with Gasteiger partial charge < -0.3 is 0 Å². The van der Waals surface area contributed by atoms with Crippen LogP contribution in [0.15, 0.2) is 0 Å². The lowest BCUT2D eigenvalue weighted by molar-refractivity contribution is 0.468. The molecular formula is C14H28N2. The zero-order valence-electron chi connectivity index (χ0n) is 11.0. The zero-order valence-corrected chi connectivity index (χ0v) is 11.0. The van der Waals surface area contributed by atoms with Crippen LogP contribution in [0.5, 0.6) is 0 Å². The fourth-order valence-electron chi connectivity index (χ4n) is 1.82. The SMILES string of the molecule is CC#CCC(CCCCCCCCC)NN. The summed E-state index contributed by atoms with van der Waals surface area (Å²) in [6.45, 7) is 4.13. The van der Waals surface area contributed by atoms with Gasteiger partial charge in [-0.15, -0.1) is 11.8 Å². The van der Waals surface area contributed by atoms with Gasteiger partial charge in [0, 0.05) is 12.5 Å². The normalized spacial score (nSPS) is 11.9. The fraction of sp³-hybridized carbons (Fsp3) is 0.857. The van der Waals surface area contributed by atoms with Crippen LogP contribution in [0.25, 0.3) is 0 Å². The molecule has 0 aliphatic heterocycles. The van der Waals surface area contributed by atoms with Crippen LogP contribution < -0.4 is 11.3 Å². The van der Waals surface area contributed by atoms with E-state index >= 15 is 0 Å². The maximum atomic E-state index is 5.48. The van der Waals surface area contributed by atoms with E-state index < -0.39 is 0 Å². The number of hydrogen-bond acceptors (Lipinski definition) is 2. The van der Waals surface area contributed by atoms with Crippen molar-refractivity contribution in [3.05, 3.63) is 0 Å². The van der Waals surface area contributed by atoms with Gasteiger partial charge in [0.2, 0.25) is 0 Å². The molecular weight excluding hydrogens is 196 g/mol. The number of rotatable bonds is 10. The molecule has 0 aromatic carbocycles. The van der Waals surface area contributed by atoms with E-state index in [1.54, 1.807) is 0 Å². The number of nitrogens with two attached hydrogens (primary N) is 1. The van der Waals surface area contributed by atoms with Gasteiger partial charge in [-0.2, -0.15) is 0 Å². The molecule has 0 saturated carbocycles. The summed E-state index contributed by atoms with van der Waals surface area (Å²) in [7, 11) is 0. The Morgan fingerprint density at radius 3 is 2.25 bits per heavy atom.